The number of Topliss-reactive ketones (excluding diaryl/α,β-unsaturated/α-hetero) is 1. The Kier molecular flexibility index (Phi) is 3.77. The van der Waals surface area contributed by atoms with E-state index in [1.807, 2.05) is 14.1 Å². The van der Waals surface area contributed by atoms with Gasteiger partial charge in [0.15, 0.2) is 5.78 Å². The van der Waals surface area contributed by atoms with Gasteiger partial charge in [0.1, 0.15) is 5.82 Å². The quantitative estimate of drug-likeness (QED) is 0.777. The summed E-state index contributed by atoms with van der Waals surface area (Å²) in [6, 6.07) is 4.07. The van der Waals surface area contributed by atoms with Crippen LogP contribution in [0.2, 0.25) is 0 Å². The zero-order valence-corrected chi connectivity index (χ0v) is 9.64. The average Bonchev–Trinajstić information content (AvgIpc) is 2.01. The molecule has 0 fully saturated rings. The second kappa shape index (κ2) is 4.66. The summed E-state index contributed by atoms with van der Waals surface area (Å²) < 4.78 is 13.2. The molecular formula is C10H11BrFNO. The predicted molar refractivity (Wildman–Crippen MR) is 57.0 cm³/mol. The molecule has 0 N–H and O–H groups in total. The van der Waals surface area contributed by atoms with Crippen molar-refractivity contribution in [1.82, 2.24) is 4.90 Å². The summed E-state index contributed by atoms with van der Waals surface area (Å²) in [5, 5.41) is 0. The molecule has 0 atom stereocenters. The maximum Gasteiger partial charge on any atom is 0.177 e. The van der Waals surface area contributed by atoms with Gasteiger partial charge in [-0.2, -0.15) is 0 Å². The number of likely N-dealkylation sites (N-methyl/N-ethyl adjacent to an activating group) is 1. The molecule has 0 spiro atoms. The summed E-state index contributed by atoms with van der Waals surface area (Å²) in [5.41, 5.74) is 0.514. The summed E-state index contributed by atoms with van der Waals surface area (Å²) >= 11 is 3.16. The lowest BCUT2D eigenvalue weighted by molar-refractivity contribution is 0.0957. The molecule has 0 aliphatic rings. The molecule has 76 valence electrons. The monoisotopic (exact) mass is 259 g/mol. The van der Waals surface area contributed by atoms with E-state index in [9.17, 15) is 9.18 Å². The minimum atomic E-state index is -0.349. The van der Waals surface area contributed by atoms with Crippen LogP contribution < -0.4 is 0 Å². The smallest absolute Gasteiger partial charge is 0.177 e. The summed E-state index contributed by atoms with van der Waals surface area (Å²) in [6.45, 7) is 0.324. The van der Waals surface area contributed by atoms with E-state index in [1.54, 1.807) is 4.90 Å². The fraction of sp³-hybridized carbons (Fsp3) is 0.300. The molecule has 4 heteroatoms. The number of carbonyl (C=O) groups is 1. The maximum atomic E-state index is 12.7. The van der Waals surface area contributed by atoms with Gasteiger partial charge in [0.25, 0.3) is 0 Å². The number of carbonyl (C=O) groups excluding carboxylic acids is 1. The molecule has 0 saturated heterocycles. The molecule has 0 unspecified atom stereocenters. The topological polar surface area (TPSA) is 20.3 Å². The molecule has 1 rings (SSSR count). The van der Waals surface area contributed by atoms with Crippen molar-refractivity contribution in [2.75, 3.05) is 20.6 Å². The van der Waals surface area contributed by atoms with E-state index in [0.29, 0.717) is 16.6 Å². The van der Waals surface area contributed by atoms with Crippen molar-refractivity contribution in [1.29, 1.82) is 0 Å². The van der Waals surface area contributed by atoms with Crippen molar-refractivity contribution in [2.24, 2.45) is 0 Å². The second-order valence-electron chi connectivity index (χ2n) is 3.29. The van der Waals surface area contributed by atoms with Crippen LogP contribution in [0.25, 0.3) is 0 Å². The highest BCUT2D eigenvalue weighted by atomic mass is 79.9. The summed E-state index contributed by atoms with van der Waals surface area (Å²) in [6.07, 6.45) is 0. The van der Waals surface area contributed by atoms with Gasteiger partial charge in [0, 0.05) is 10.0 Å². The van der Waals surface area contributed by atoms with Gasteiger partial charge in [0.05, 0.1) is 6.54 Å². The third-order valence-electron chi connectivity index (χ3n) is 1.69. The predicted octanol–water partition coefficient (Wildman–Crippen LogP) is 2.33. The Labute approximate surface area is 90.8 Å². The Morgan fingerprint density at radius 3 is 2.64 bits per heavy atom. The van der Waals surface area contributed by atoms with Crippen molar-refractivity contribution in [3.8, 4) is 0 Å². The molecule has 0 heterocycles. The van der Waals surface area contributed by atoms with Gasteiger partial charge in [-0.05, 0) is 48.2 Å². The number of halogens is 2. The highest BCUT2D eigenvalue weighted by molar-refractivity contribution is 9.10. The Morgan fingerprint density at radius 1 is 1.50 bits per heavy atom. The fourth-order valence-corrected chi connectivity index (χ4v) is 1.66. The normalized spacial score (nSPS) is 10.6. The standard InChI is InChI=1S/C10H11BrFNO/c1-13(2)6-10(14)8-4-3-7(12)5-9(8)11/h3-5H,6H2,1-2H3. The first-order valence-corrected chi connectivity index (χ1v) is 4.93. The highest BCUT2D eigenvalue weighted by Gasteiger charge is 2.11. The summed E-state index contributed by atoms with van der Waals surface area (Å²) in [5.74, 6) is -0.375. The van der Waals surface area contributed by atoms with Gasteiger partial charge in [-0.25, -0.2) is 4.39 Å². The lowest BCUT2D eigenvalue weighted by Gasteiger charge is -2.09. The molecule has 1 aromatic rings. The van der Waals surface area contributed by atoms with E-state index < -0.39 is 0 Å². The zero-order chi connectivity index (χ0) is 10.7. The molecule has 0 amide bonds. The zero-order valence-electron chi connectivity index (χ0n) is 8.05. The number of nitrogens with zero attached hydrogens (tertiary/aromatic N) is 1. The van der Waals surface area contributed by atoms with Crippen molar-refractivity contribution in [2.45, 2.75) is 0 Å². The Hall–Kier alpha value is -0.740. The number of rotatable bonds is 3. The largest absolute Gasteiger partial charge is 0.302 e. The van der Waals surface area contributed by atoms with Gasteiger partial charge in [-0.1, -0.05) is 0 Å². The molecule has 0 bridgehead atoms. The Balaban J connectivity index is 2.90. The minimum Gasteiger partial charge on any atom is -0.302 e. The van der Waals surface area contributed by atoms with Crippen LogP contribution >= 0.6 is 15.9 Å². The van der Waals surface area contributed by atoms with Crippen LogP contribution in [0.3, 0.4) is 0 Å². The molecule has 0 aliphatic heterocycles. The van der Waals surface area contributed by atoms with Gasteiger partial charge in [-0.3, -0.25) is 4.79 Å². The lowest BCUT2D eigenvalue weighted by atomic mass is 10.1. The van der Waals surface area contributed by atoms with Crippen molar-refractivity contribution < 1.29 is 9.18 Å². The first-order chi connectivity index (χ1) is 6.50. The first kappa shape index (κ1) is 11.3. The van der Waals surface area contributed by atoms with Crippen LogP contribution in [0.5, 0.6) is 0 Å². The Bertz CT molecular complexity index is 352. The molecule has 0 saturated carbocycles. The number of ketones is 1. The molecular weight excluding hydrogens is 249 g/mol. The molecule has 2 nitrogen and oxygen atoms in total. The fourth-order valence-electron chi connectivity index (χ4n) is 1.09. The third kappa shape index (κ3) is 2.89. The van der Waals surface area contributed by atoms with E-state index in [4.69, 9.17) is 0 Å². The van der Waals surface area contributed by atoms with Crippen LogP contribution in [0.1, 0.15) is 10.4 Å². The highest BCUT2D eigenvalue weighted by Crippen LogP contribution is 2.18. The van der Waals surface area contributed by atoms with E-state index >= 15 is 0 Å². The lowest BCUT2D eigenvalue weighted by Crippen LogP contribution is -2.21. The second-order valence-corrected chi connectivity index (χ2v) is 4.14. The van der Waals surface area contributed by atoms with Gasteiger partial charge >= 0.3 is 0 Å². The number of benzene rings is 1. The van der Waals surface area contributed by atoms with Crippen molar-refractivity contribution in [3.05, 3.63) is 34.1 Å². The van der Waals surface area contributed by atoms with Crippen molar-refractivity contribution >= 4 is 21.7 Å². The van der Waals surface area contributed by atoms with Gasteiger partial charge in [0.2, 0.25) is 0 Å². The Morgan fingerprint density at radius 2 is 2.14 bits per heavy atom. The van der Waals surface area contributed by atoms with Crippen LogP contribution in [0.15, 0.2) is 22.7 Å². The molecule has 0 aliphatic carbocycles. The minimum absolute atomic E-state index is 0.0260. The number of hydrogen-bond donors (Lipinski definition) is 0. The average molecular weight is 260 g/mol. The van der Waals surface area contributed by atoms with Crippen LogP contribution in [0, 0.1) is 5.82 Å². The third-order valence-corrected chi connectivity index (χ3v) is 2.35. The van der Waals surface area contributed by atoms with E-state index in [2.05, 4.69) is 15.9 Å². The van der Waals surface area contributed by atoms with E-state index in [-0.39, 0.29) is 11.6 Å². The molecule has 14 heavy (non-hydrogen) atoms. The molecule has 0 radical (unpaired) electrons. The summed E-state index contributed by atoms with van der Waals surface area (Å²) in [4.78, 5) is 13.4. The first-order valence-electron chi connectivity index (χ1n) is 4.13. The molecule has 0 aromatic heterocycles. The van der Waals surface area contributed by atoms with E-state index in [1.165, 1.54) is 18.2 Å². The van der Waals surface area contributed by atoms with Gasteiger partial charge < -0.3 is 4.90 Å². The van der Waals surface area contributed by atoms with Gasteiger partial charge in [-0.15, -0.1) is 0 Å². The maximum absolute atomic E-state index is 12.7. The van der Waals surface area contributed by atoms with E-state index in [0.717, 1.165) is 0 Å². The SMILES string of the molecule is CN(C)CC(=O)c1ccc(F)cc1Br. The van der Waals surface area contributed by atoms with Crippen LogP contribution in [-0.2, 0) is 0 Å². The number of hydrogen-bond acceptors (Lipinski definition) is 2. The molecule has 1 aromatic carbocycles. The summed E-state index contributed by atoms with van der Waals surface area (Å²) in [7, 11) is 3.63. The van der Waals surface area contributed by atoms with Crippen LogP contribution in [-0.4, -0.2) is 31.3 Å². The van der Waals surface area contributed by atoms with Crippen LogP contribution in [0.4, 0.5) is 4.39 Å². The van der Waals surface area contributed by atoms with Crippen molar-refractivity contribution in [3.63, 3.8) is 0 Å².